The molecule has 0 bridgehead atoms. The van der Waals surface area contributed by atoms with Crippen LogP contribution in [0.15, 0.2) is 36.7 Å². The Kier molecular flexibility index (Phi) is 13.0. The van der Waals surface area contributed by atoms with E-state index in [-0.39, 0.29) is 0 Å². The van der Waals surface area contributed by atoms with Crippen LogP contribution in [-0.2, 0) is 4.84 Å². The van der Waals surface area contributed by atoms with Gasteiger partial charge in [-0.2, -0.15) is 0 Å². The number of hydrogen-bond donors (Lipinski definition) is 2. The lowest BCUT2D eigenvalue weighted by Gasteiger charge is -2.00. The zero-order chi connectivity index (χ0) is 17.5. The van der Waals surface area contributed by atoms with Crippen LogP contribution in [0.5, 0.6) is 0 Å². The molecule has 0 saturated carbocycles. The van der Waals surface area contributed by atoms with E-state index >= 15 is 0 Å². The molecule has 1 unspecified atom stereocenters. The molecule has 2 N–H and O–H groups in total. The molecule has 0 radical (unpaired) electrons. The van der Waals surface area contributed by atoms with Crippen molar-refractivity contribution >= 4 is 17.6 Å². The molecular formula is C17H26N2O3S. The second kappa shape index (κ2) is 14.0. The van der Waals surface area contributed by atoms with Crippen molar-refractivity contribution in [3.63, 3.8) is 0 Å². The van der Waals surface area contributed by atoms with E-state index in [0.717, 1.165) is 21.6 Å². The van der Waals surface area contributed by atoms with Crippen LogP contribution >= 0.6 is 11.3 Å². The Morgan fingerprint density at radius 3 is 2.39 bits per heavy atom. The number of nitrogens with one attached hydrogen (secondary N) is 1. The molecule has 0 spiro atoms. The number of nitrogens with zero attached hydrogens (tertiary/aromatic N) is 1. The number of carbonyl (C=O) groups excluding carboxylic acids is 1. The molecule has 2 rings (SSSR count). The maximum Gasteiger partial charge on any atom is 0.171 e. The number of thiophene rings is 1. The Hall–Kier alpha value is -1.60. The zero-order valence-corrected chi connectivity index (χ0v) is 15.0. The van der Waals surface area contributed by atoms with Crippen LogP contribution < -0.4 is 5.48 Å². The summed E-state index contributed by atoms with van der Waals surface area (Å²) < 4.78 is 0. The predicted molar refractivity (Wildman–Crippen MR) is 95.3 cm³/mol. The van der Waals surface area contributed by atoms with Gasteiger partial charge in [0.1, 0.15) is 0 Å². The van der Waals surface area contributed by atoms with Crippen LogP contribution in [0.2, 0.25) is 0 Å². The first kappa shape index (κ1) is 21.4. The van der Waals surface area contributed by atoms with E-state index in [9.17, 15) is 4.79 Å². The third-order valence-electron chi connectivity index (χ3n) is 2.48. The van der Waals surface area contributed by atoms with Crippen molar-refractivity contribution in [2.45, 2.75) is 39.9 Å². The largest absolute Gasteiger partial charge is 0.367 e. The monoisotopic (exact) mass is 338 g/mol. The van der Waals surface area contributed by atoms with Crippen LogP contribution in [0, 0.1) is 0 Å². The van der Waals surface area contributed by atoms with Gasteiger partial charge in [0.15, 0.2) is 12.6 Å². The summed E-state index contributed by atoms with van der Waals surface area (Å²) in [6, 6.07) is 7.62. The first-order valence-corrected chi connectivity index (χ1v) is 8.36. The predicted octanol–water partition coefficient (Wildman–Crippen LogP) is 3.90. The number of hydroxylamine groups is 1. The lowest BCUT2D eigenvalue weighted by molar-refractivity contribution is -0.126. The quantitative estimate of drug-likeness (QED) is 0.491. The van der Waals surface area contributed by atoms with Crippen LogP contribution in [0.1, 0.15) is 43.3 Å². The lowest BCUT2D eigenvalue weighted by Crippen LogP contribution is -2.16. The van der Waals surface area contributed by atoms with Crippen molar-refractivity contribution < 1.29 is 14.7 Å². The van der Waals surface area contributed by atoms with E-state index in [1.165, 1.54) is 31.1 Å². The third kappa shape index (κ3) is 10.7. The first-order valence-electron chi connectivity index (χ1n) is 7.54. The third-order valence-corrected chi connectivity index (χ3v) is 3.54. The highest BCUT2D eigenvalue weighted by molar-refractivity contribution is 7.17. The molecule has 5 nitrogen and oxygen atoms in total. The molecule has 2 aromatic heterocycles. The molecule has 0 aliphatic carbocycles. The lowest BCUT2D eigenvalue weighted by atomic mass is 10.2. The Morgan fingerprint density at radius 2 is 2.04 bits per heavy atom. The van der Waals surface area contributed by atoms with E-state index in [1.54, 1.807) is 19.4 Å². The van der Waals surface area contributed by atoms with Gasteiger partial charge in [0, 0.05) is 29.9 Å². The van der Waals surface area contributed by atoms with Crippen molar-refractivity contribution in [2.75, 3.05) is 7.05 Å². The van der Waals surface area contributed by atoms with Gasteiger partial charge in [0.05, 0.1) is 4.88 Å². The maximum absolute atomic E-state index is 10.4. The number of rotatable bonds is 5. The topological polar surface area (TPSA) is 71.4 Å². The van der Waals surface area contributed by atoms with Gasteiger partial charge in [-0.3, -0.25) is 14.6 Å². The summed E-state index contributed by atoms with van der Waals surface area (Å²) >= 11 is 1.48. The van der Waals surface area contributed by atoms with Crippen molar-refractivity contribution in [1.82, 2.24) is 10.5 Å². The highest BCUT2D eigenvalue weighted by Crippen LogP contribution is 2.26. The standard InChI is InChI=1S/C10H7NOS.C4H10.C3H9NO2/c12-7-9-3-4-10(13-9)8-2-1-5-11-6-8;1-3-4-2;1-3(5)6-4-2/h1-7H;3-4H2,1-2H3;3-5H,1-2H3. The van der Waals surface area contributed by atoms with E-state index in [4.69, 9.17) is 5.11 Å². The number of aliphatic hydroxyl groups is 1. The molecule has 128 valence electrons. The molecule has 6 heteroatoms. The van der Waals surface area contributed by atoms with Crippen molar-refractivity contribution in [2.24, 2.45) is 0 Å². The Labute approximate surface area is 142 Å². The summed E-state index contributed by atoms with van der Waals surface area (Å²) in [6.07, 6.45) is 6.32. The normalized spacial score (nSPS) is 10.7. The number of unbranched alkanes of at least 4 members (excludes halogenated alkanes) is 1. The average molecular weight is 338 g/mol. The van der Waals surface area contributed by atoms with Gasteiger partial charge in [0.2, 0.25) is 0 Å². The van der Waals surface area contributed by atoms with Crippen LogP contribution in [0.25, 0.3) is 10.4 Å². The number of pyridine rings is 1. The molecule has 0 amide bonds. The van der Waals surface area contributed by atoms with E-state index in [2.05, 4.69) is 29.1 Å². The van der Waals surface area contributed by atoms with E-state index < -0.39 is 6.29 Å². The van der Waals surface area contributed by atoms with Crippen LogP contribution in [0.4, 0.5) is 0 Å². The fraction of sp³-hybridized carbons (Fsp3) is 0.412. The van der Waals surface area contributed by atoms with E-state index in [1.807, 2.05) is 24.3 Å². The minimum Gasteiger partial charge on any atom is -0.367 e. The molecular weight excluding hydrogens is 312 g/mol. The van der Waals surface area contributed by atoms with Gasteiger partial charge in [-0.25, -0.2) is 5.48 Å². The molecule has 2 aromatic rings. The summed E-state index contributed by atoms with van der Waals surface area (Å²) in [7, 11) is 1.59. The van der Waals surface area contributed by atoms with Crippen LogP contribution in [0.3, 0.4) is 0 Å². The number of aromatic nitrogens is 1. The minimum absolute atomic E-state index is 0.713. The minimum atomic E-state index is -0.713. The highest BCUT2D eigenvalue weighted by Gasteiger charge is 2.00. The summed E-state index contributed by atoms with van der Waals surface area (Å²) in [5, 5.41) is 8.27. The van der Waals surface area contributed by atoms with Crippen molar-refractivity contribution in [1.29, 1.82) is 0 Å². The Morgan fingerprint density at radius 1 is 1.35 bits per heavy atom. The summed E-state index contributed by atoms with van der Waals surface area (Å²) in [6.45, 7) is 5.89. The van der Waals surface area contributed by atoms with Crippen molar-refractivity contribution in [3.05, 3.63) is 41.5 Å². The highest BCUT2D eigenvalue weighted by atomic mass is 32.1. The number of aldehydes is 1. The smallest absolute Gasteiger partial charge is 0.171 e. The molecule has 0 aliphatic rings. The summed E-state index contributed by atoms with van der Waals surface area (Å²) in [5.41, 5.74) is 3.37. The molecule has 0 aliphatic heterocycles. The molecule has 0 saturated heterocycles. The Bertz CT molecular complexity index is 514. The second-order valence-corrected chi connectivity index (χ2v) is 5.60. The number of aliphatic hydroxyl groups excluding tert-OH is 1. The summed E-state index contributed by atoms with van der Waals surface area (Å²) in [4.78, 5) is 20.6. The first-order chi connectivity index (χ1) is 11.1. The molecule has 0 aromatic carbocycles. The summed E-state index contributed by atoms with van der Waals surface area (Å²) in [5.74, 6) is 0. The van der Waals surface area contributed by atoms with Gasteiger partial charge >= 0.3 is 0 Å². The van der Waals surface area contributed by atoms with Gasteiger partial charge in [-0.1, -0.05) is 32.8 Å². The van der Waals surface area contributed by atoms with Gasteiger partial charge in [0.25, 0.3) is 0 Å². The zero-order valence-electron chi connectivity index (χ0n) is 14.2. The molecule has 1 atom stereocenters. The fourth-order valence-corrected chi connectivity index (χ4v) is 2.06. The van der Waals surface area contributed by atoms with Crippen molar-refractivity contribution in [3.8, 4) is 10.4 Å². The molecule has 0 fully saturated rings. The maximum atomic E-state index is 10.4. The van der Waals surface area contributed by atoms with Crippen LogP contribution in [-0.4, -0.2) is 29.7 Å². The Balaban J connectivity index is 0.000000407. The van der Waals surface area contributed by atoms with Gasteiger partial charge in [-0.15, -0.1) is 11.3 Å². The van der Waals surface area contributed by atoms with E-state index in [0.29, 0.717) is 0 Å². The van der Waals surface area contributed by atoms with Gasteiger partial charge < -0.3 is 5.11 Å². The fourth-order valence-electron chi connectivity index (χ4n) is 1.25. The number of hydrogen-bond acceptors (Lipinski definition) is 6. The second-order valence-electron chi connectivity index (χ2n) is 4.48. The average Bonchev–Trinajstić information content (AvgIpc) is 3.05. The SMILES string of the molecule is CCCC.CNOC(C)O.O=Cc1ccc(-c2cccnc2)s1. The molecule has 23 heavy (non-hydrogen) atoms. The molecule has 2 heterocycles. The van der Waals surface area contributed by atoms with Gasteiger partial charge in [-0.05, 0) is 25.1 Å². The number of carbonyl (C=O) groups is 1.